The van der Waals surface area contributed by atoms with Crippen molar-refractivity contribution in [1.82, 2.24) is 16.0 Å². The normalized spacial score (nSPS) is 11.2. The van der Waals surface area contributed by atoms with Gasteiger partial charge in [0, 0.05) is 13.1 Å². The Hall–Kier alpha value is -3.81. The molecule has 2 amide bonds. The number of carboxylic acid groups (broad SMARTS) is 1. The summed E-state index contributed by atoms with van der Waals surface area (Å²) in [7, 11) is 0. The summed E-state index contributed by atoms with van der Waals surface area (Å²) < 4.78 is 0. The van der Waals surface area contributed by atoms with Gasteiger partial charge < -0.3 is 26.2 Å². The Morgan fingerprint density at radius 1 is 0.724 bits per heavy atom. The lowest BCUT2D eigenvalue weighted by atomic mass is 10.1. The number of carboxylic acids is 1. The van der Waals surface area contributed by atoms with Crippen molar-refractivity contribution in [3.8, 4) is 0 Å². The molecule has 2 aromatic carbocycles. The van der Waals surface area contributed by atoms with Crippen LogP contribution >= 0.6 is 0 Å². The van der Waals surface area contributed by atoms with E-state index in [1.54, 1.807) is 24.3 Å². The monoisotopic (exact) mass is 397 g/mol. The lowest BCUT2D eigenvalue weighted by molar-refractivity contribution is -0.138. The predicted octanol–water partition coefficient (Wildman–Crippen LogP) is 1.11. The molecule has 2 rings (SSSR count). The number of aliphatic carboxylic acids is 1. The number of aliphatic hydroxyl groups excluding tert-OH is 1. The molecule has 0 heterocycles. The summed E-state index contributed by atoms with van der Waals surface area (Å²) in [6.07, 6.45) is 0.556. The van der Waals surface area contributed by atoms with Crippen molar-refractivity contribution >= 4 is 17.8 Å². The standard InChI is InChI=1S/C21H23N3O5/c25-17(26)14-24-21(29)18(20(28)23-13-16-9-5-2-6-10-16)19(27)22-12-11-15-7-3-1-4-8-15/h1-10,22,27H,11-14H2,(H,23,28)(H,24,29)(H,25,26)/b19-18-. The Morgan fingerprint density at radius 3 is 1.86 bits per heavy atom. The lowest BCUT2D eigenvalue weighted by Gasteiger charge is -2.13. The highest BCUT2D eigenvalue weighted by atomic mass is 16.4. The van der Waals surface area contributed by atoms with Crippen LogP contribution in [-0.4, -0.2) is 41.1 Å². The average molecular weight is 397 g/mol. The van der Waals surface area contributed by atoms with E-state index in [9.17, 15) is 19.5 Å². The molecule has 0 atom stereocenters. The molecule has 0 unspecified atom stereocenters. The third-order valence-electron chi connectivity index (χ3n) is 3.94. The molecule has 5 N–H and O–H groups in total. The molecule has 152 valence electrons. The number of hydrogen-bond acceptors (Lipinski definition) is 5. The van der Waals surface area contributed by atoms with Crippen LogP contribution in [-0.2, 0) is 27.3 Å². The van der Waals surface area contributed by atoms with Gasteiger partial charge in [0.1, 0.15) is 6.54 Å². The van der Waals surface area contributed by atoms with E-state index < -0.39 is 35.8 Å². The van der Waals surface area contributed by atoms with E-state index in [0.29, 0.717) is 6.42 Å². The summed E-state index contributed by atoms with van der Waals surface area (Å²) in [5.74, 6) is -3.68. The number of amides is 2. The second kappa shape index (κ2) is 11.1. The van der Waals surface area contributed by atoms with Gasteiger partial charge in [-0.25, -0.2) is 0 Å². The van der Waals surface area contributed by atoms with Gasteiger partial charge in [-0.05, 0) is 17.5 Å². The van der Waals surface area contributed by atoms with Gasteiger partial charge in [-0.3, -0.25) is 14.4 Å². The molecule has 0 radical (unpaired) electrons. The fourth-order valence-corrected chi connectivity index (χ4v) is 2.49. The molecule has 0 bridgehead atoms. The summed E-state index contributed by atoms with van der Waals surface area (Å²) in [5.41, 5.74) is 1.25. The number of aliphatic hydroxyl groups is 1. The topological polar surface area (TPSA) is 128 Å². The Balaban J connectivity index is 2.06. The third kappa shape index (κ3) is 7.37. The highest BCUT2D eigenvalue weighted by molar-refractivity contribution is 6.19. The van der Waals surface area contributed by atoms with Gasteiger partial charge in [0.15, 0.2) is 5.57 Å². The highest BCUT2D eigenvalue weighted by Crippen LogP contribution is 2.04. The summed E-state index contributed by atoms with van der Waals surface area (Å²) in [4.78, 5) is 35.5. The average Bonchev–Trinajstić information content (AvgIpc) is 2.72. The van der Waals surface area contributed by atoms with Gasteiger partial charge in [0.05, 0.1) is 0 Å². The van der Waals surface area contributed by atoms with Gasteiger partial charge in [-0.15, -0.1) is 0 Å². The van der Waals surface area contributed by atoms with Gasteiger partial charge in [-0.2, -0.15) is 0 Å². The van der Waals surface area contributed by atoms with E-state index in [4.69, 9.17) is 5.11 Å². The molecule has 8 heteroatoms. The molecular weight excluding hydrogens is 374 g/mol. The van der Waals surface area contributed by atoms with Crippen LogP contribution < -0.4 is 16.0 Å². The molecule has 0 aliphatic rings. The Morgan fingerprint density at radius 2 is 1.28 bits per heavy atom. The summed E-state index contributed by atoms with van der Waals surface area (Å²) in [6.45, 7) is -0.254. The van der Waals surface area contributed by atoms with Crippen LogP contribution in [0.3, 0.4) is 0 Å². The number of carbonyl (C=O) groups is 3. The zero-order valence-electron chi connectivity index (χ0n) is 15.7. The van der Waals surface area contributed by atoms with Crippen LogP contribution in [0.25, 0.3) is 0 Å². The van der Waals surface area contributed by atoms with E-state index >= 15 is 0 Å². The maximum atomic E-state index is 12.5. The summed E-state index contributed by atoms with van der Waals surface area (Å²) in [5, 5.41) is 26.3. The molecule has 0 saturated carbocycles. The van der Waals surface area contributed by atoms with Crippen molar-refractivity contribution in [2.24, 2.45) is 0 Å². The van der Waals surface area contributed by atoms with Crippen LogP contribution in [0.1, 0.15) is 11.1 Å². The minimum atomic E-state index is -1.26. The molecule has 29 heavy (non-hydrogen) atoms. The van der Waals surface area contributed by atoms with Crippen molar-refractivity contribution < 1.29 is 24.6 Å². The summed E-state index contributed by atoms with van der Waals surface area (Å²) in [6, 6.07) is 18.5. The zero-order valence-corrected chi connectivity index (χ0v) is 15.7. The molecule has 8 nitrogen and oxygen atoms in total. The van der Waals surface area contributed by atoms with Crippen molar-refractivity contribution in [2.75, 3.05) is 13.1 Å². The van der Waals surface area contributed by atoms with Crippen LogP contribution in [0.4, 0.5) is 0 Å². The second-order valence-corrected chi connectivity index (χ2v) is 6.13. The fourth-order valence-electron chi connectivity index (χ4n) is 2.49. The van der Waals surface area contributed by atoms with Crippen molar-refractivity contribution in [2.45, 2.75) is 13.0 Å². The van der Waals surface area contributed by atoms with Gasteiger partial charge in [0.25, 0.3) is 11.8 Å². The first-order valence-electron chi connectivity index (χ1n) is 9.00. The van der Waals surface area contributed by atoms with E-state index in [1.807, 2.05) is 36.4 Å². The molecule has 0 aliphatic heterocycles. The van der Waals surface area contributed by atoms with Gasteiger partial charge in [0.2, 0.25) is 5.88 Å². The number of rotatable bonds is 10. The number of carbonyl (C=O) groups excluding carboxylic acids is 2. The number of benzene rings is 2. The fraction of sp³-hybridized carbons (Fsp3) is 0.190. The number of nitrogens with one attached hydrogen (secondary N) is 3. The SMILES string of the molecule is O=C(O)CNC(=O)/C(C(=O)NCc1ccccc1)=C(\O)NCCc1ccccc1. The smallest absolute Gasteiger partial charge is 0.322 e. The van der Waals surface area contributed by atoms with E-state index in [2.05, 4.69) is 16.0 Å². The second-order valence-electron chi connectivity index (χ2n) is 6.13. The third-order valence-corrected chi connectivity index (χ3v) is 3.94. The quantitative estimate of drug-likeness (QED) is 0.177. The highest BCUT2D eigenvalue weighted by Gasteiger charge is 2.24. The van der Waals surface area contributed by atoms with Gasteiger partial charge in [-0.1, -0.05) is 60.7 Å². The van der Waals surface area contributed by atoms with Crippen molar-refractivity contribution in [3.05, 3.63) is 83.2 Å². The van der Waals surface area contributed by atoms with Crippen LogP contribution in [0.2, 0.25) is 0 Å². The maximum absolute atomic E-state index is 12.5. The molecule has 0 aromatic heterocycles. The molecule has 0 aliphatic carbocycles. The van der Waals surface area contributed by atoms with Crippen LogP contribution in [0, 0.1) is 0 Å². The molecule has 2 aromatic rings. The zero-order chi connectivity index (χ0) is 21.1. The molecule has 0 saturated heterocycles. The largest absolute Gasteiger partial charge is 0.494 e. The molecular formula is C21H23N3O5. The minimum absolute atomic E-state index is 0.146. The van der Waals surface area contributed by atoms with Crippen LogP contribution in [0.5, 0.6) is 0 Å². The Labute approximate surface area is 168 Å². The van der Waals surface area contributed by atoms with E-state index in [0.717, 1.165) is 11.1 Å². The summed E-state index contributed by atoms with van der Waals surface area (Å²) >= 11 is 0. The van der Waals surface area contributed by atoms with Crippen molar-refractivity contribution in [3.63, 3.8) is 0 Å². The molecule has 0 spiro atoms. The molecule has 0 fully saturated rings. The first-order chi connectivity index (χ1) is 14.0. The Kier molecular flexibility index (Phi) is 8.25. The van der Waals surface area contributed by atoms with Crippen molar-refractivity contribution in [1.29, 1.82) is 0 Å². The maximum Gasteiger partial charge on any atom is 0.322 e. The lowest BCUT2D eigenvalue weighted by Crippen LogP contribution is -2.39. The first-order valence-corrected chi connectivity index (χ1v) is 9.00. The van der Waals surface area contributed by atoms with E-state index in [-0.39, 0.29) is 13.1 Å². The first kappa shape index (κ1) is 21.5. The minimum Gasteiger partial charge on any atom is -0.494 e. The van der Waals surface area contributed by atoms with Gasteiger partial charge >= 0.3 is 5.97 Å². The van der Waals surface area contributed by atoms with Crippen LogP contribution in [0.15, 0.2) is 72.1 Å². The number of hydrogen-bond donors (Lipinski definition) is 5. The van der Waals surface area contributed by atoms with E-state index in [1.165, 1.54) is 0 Å². The Bertz CT molecular complexity index is 866. The predicted molar refractivity (Wildman–Crippen MR) is 107 cm³/mol.